The number of hydrogen-bond donors (Lipinski definition) is 0. The first-order valence-electron chi connectivity index (χ1n) is 6.02. The quantitative estimate of drug-likeness (QED) is 0.248. The Hall–Kier alpha value is -0.226. The van der Waals surface area contributed by atoms with Crippen molar-refractivity contribution in [3.05, 3.63) is 0 Å². The van der Waals surface area contributed by atoms with Gasteiger partial charge in [0, 0.05) is 0 Å². The van der Waals surface area contributed by atoms with Crippen LogP contribution < -0.4 is 0 Å². The van der Waals surface area contributed by atoms with Crippen LogP contribution in [0.25, 0.3) is 0 Å². The molecule has 10 nitrogen and oxygen atoms in total. The summed E-state index contributed by atoms with van der Waals surface area (Å²) in [7, 11) is -21.9. The van der Waals surface area contributed by atoms with Crippen LogP contribution in [0.15, 0.2) is 0 Å². The molecule has 29 heavy (non-hydrogen) atoms. The summed E-state index contributed by atoms with van der Waals surface area (Å²) in [4.78, 5) is 0. The Bertz CT molecular complexity index is 786. The van der Waals surface area contributed by atoms with Gasteiger partial charge in [-0.1, -0.05) is 0 Å². The molecule has 23 heteroatoms. The molecule has 0 atom stereocenters. The first-order chi connectivity index (χ1) is 12.3. The van der Waals surface area contributed by atoms with Gasteiger partial charge in [-0.15, -0.1) is 0 Å². The zero-order chi connectivity index (χ0) is 23.9. The van der Waals surface area contributed by atoms with Crippen molar-refractivity contribution in [3.63, 3.8) is 0 Å². The second-order valence-electron chi connectivity index (χ2n) is 4.62. The average Bonchev–Trinajstić information content (AvgIpc) is 2.30. The fourth-order valence-electron chi connectivity index (χ4n) is 0.934. The molecule has 0 aliphatic heterocycles. The van der Waals surface area contributed by atoms with Gasteiger partial charge in [0.1, 0.15) is 0 Å². The fourth-order valence-corrected chi connectivity index (χ4v) is 10.2. The van der Waals surface area contributed by atoms with Gasteiger partial charge in [-0.2, -0.15) is 0 Å². The molecule has 0 aliphatic carbocycles. The minimum atomic E-state index is -8.20. The molecule has 0 aliphatic rings. The molecular formula is C6H7F9O10S3Ti. The Kier molecular flexibility index (Phi) is 8.30. The minimum absolute atomic E-state index is 0.594. The molecule has 0 saturated heterocycles. The van der Waals surface area contributed by atoms with Gasteiger partial charge >= 0.3 is 161 Å². The van der Waals surface area contributed by atoms with Crippen LogP contribution >= 0.6 is 0 Å². The molecular weight excluding hydrogens is 547 g/mol. The van der Waals surface area contributed by atoms with E-state index in [2.05, 4.69) is 11.6 Å². The van der Waals surface area contributed by atoms with Crippen molar-refractivity contribution in [1.82, 2.24) is 0 Å². The molecule has 0 aromatic rings. The van der Waals surface area contributed by atoms with Crippen LogP contribution in [0.2, 0.25) is 0 Å². The van der Waals surface area contributed by atoms with E-state index in [1.54, 1.807) is 0 Å². The molecule has 0 rings (SSSR count). The van der Waals surface area contributed by atoms with Crippen LogP contribution in [0.5, 0.6) is 0 Å². The summed E-state index contributed by atoms with van der Waals surface area (Å²) in [6, 6.07) is 0. The van der Waals surface area contributed by atoms with E-state index in [4.69, 9.17) is 0 Å². The summed E-state index contributed by atoms with van der Waals surface area (Å²) in [6.45, 7) is 1.19. The van der Waals surface area contributed by atoms with E-state index in [1.165, 1.54) is 0 Å². The Morgan fingerprint density at radius 3 is 0.931 bits per heavy atom. The van der Waals surface area contributed by atoms with Crippen LogP contribution in [0.4, 0.5) is 39.5 Å². The summed E-state index contributed by atoms with van der Waals surface area (Å²) in [5.74, 6) is 0. The molecule has 0 aromatic carbocycles. The number of alkyl halides is 9. The number of hydrogen-bond acceptors (Lipinski definition) is 10. The Balaban J connectivity index is 6.86. The van der Waals surface area contributed by atoms with Crippen molar-refractivity contribution < 1.29 is 94.5 Å². The predicted octanol–water partition coefficient (Wildman–Crippen LogP) is 1.82. The Labute approximate surface area is 161 Å². The van der Waals surface area contributed by atoms with Gasteiger partial charge in [-0.25, -0.2) is 0 Å². The molecule has 0 amide bonds. The second kappa shape index (κ2) is 8.37. The van der Waals surface area contributed by atoms with Crippen LogP contribution in [-0.4, -0.2) is 47.9 Å². The van der Waals surface area contributed by atoms with Crippen molar-refractivity contribution in [2.24, 2.45) is 0 Å². The molecule has 0 heterocycles. The third kappa shape index (κ3) is 7.45. The third-order valence-electron chi connectivity index (χ3n) is 1.87. The molecule has 0 radical (unpaired) electrons. The van der Waals surface area contributed by atoms with Crippen molar-refractivity contribution in [3.8, 4) is 0 Å². The molecule has 0 unspecified atom stereocenters. The predicted molar refractivity (Wildman–Crippen MR) is 64.4 cm³/mol. The zero-order valence-electron chi connectivity index (χ0n) is 13.3. The first kappa shape index (κ1) is 28.8. The van der Waals surface area contributed by atoms with Crippen LogP contribution in [0.3, 0.4) is 0 Å². The van der Waals surface area contributed by atoms with Gasteiger partial charge in [-0.05, 0) is 0 Å². The van der Waals surface area contributed by atoms with Crippen LogP contribution in [0, 0.1) is 0 Å². The summed E-state index contributed by atoms with van der Waals surface area (Å²) in [6.07, 6.45) is -1.97. The van der Waals surface area contributed by atoms with E-state index in [0.717, 1.165) is 0 Å². The molecule has 0 saturated carbocycles. The molecule has 0 spiro atoms. The van der Waals surface area contributed by atoms with Crippen molar-refractivity contribution >= 4 is 30.4 Å². The van der Waals surface area contributed by atoms with E-state index in [1.807, 2.05) is 0 Å². The standard InChI is InChI=1S/C3H7O.3CHF3O3S.Ti/c1-3(2)4;3*2-1(3,4)8(5,6)7;/h3H,1-2H3;3*(H,5,6,7);/q-1;;;;+4/p-3. The van der Waals surface area contributed by atoms with Crippen molar-refractivity contribution in [2.75, 3.05) is 0 Å². The summed E-state index contributed by atoms with van der Waals surface area (Å²) < 4.78 is 191. The molecule has 0 bridgehead atoms. The molecule has 0 N–H and O–H groups in total. The van der Waals surface area contributed by atoms with Crippen molar-refractivity contribution in [2.45, 2.75) is 36.5 Å². The molecule has 0 fully saturated rings. The van der Waals surface area contributed by atoms with E-state index < -0.39 is 71.1 Å². The molecule has 0 aromatic heterocycles. The molecule has 176 valence electrons. The first-order valence-corrected chi connectivity index (χ1v) is 12.8. The maximum absolute atomic E-state index is 12.4. The van der Waals surface area contributed by atoms with Crippen LogP contribution in [0.1, 0.15) is 13.8 Å². The second-order valence-corrected chi connectivity index (χ2v) is 13.5. The fraction of sp³-hybridized carbons (Fsp3) is 1.00. The van der Waals surface area contributed by atoms with Crippen LogP contribution in [-0.2, 0) is 60.1 Å². The Morgan fingerprint density at radius 1 is 0.586 bits per heavy atom. The topological polar surface area (TPSA) is 139 Å². The Morgan fingerprint density at radius 2 is 0.793 bits per heavy atom. The average molecular weight is 554 g/mol. The summed E-state index contributed by atoms with van der Waals surface area (Å²) in [5, 5.41) is 0. The van der Waals surface area contributed by atoms with Gasteiger partial charge in [0.2, 0.25) is 0 Å². The zero-order valence-corrected chi connectivity index (χ0v) is 17.3. The third-order valence-corrected chi connectivity index (χ3v) is 12.0. The van der Waals surface area contributed by atoms with E-state index in [0.29, 0.717) is 13.8 Å². The maximum atomic E-state index is 12.4. The monoisotopic (exact) mass is 554 g/mol. The van der Waals surface area contributed by atoms with E-state index in [-0.39, 0.29) is 0 Å². The van der Waals surface area contributed by atoms with Crippen molar-refractivity contribution in [1.29, 1.82) is 0 Å². The van der Waals surface area contributed by atoms with Gasteiger partial charge in [-0.3, -0.25) is 0 Å². The normalized spacial score (nSPS) is 15.7. The summed E-state index contributed by atoms with van der Waals surface area (Å²) in [5.41, 5.74) is -19.8. The number of rotatable bonds is 8. The number of halogens is 9. The summed E-state index contributed by atoms with van der Waals surface area (Å²) >= 11 is -8.20. The van der Waals surface area contributed by atoms with Gasteiger partial charge < -0.3 is 0 Å². The van der Waals surface area contributed by atoms with E-state index >= 15 is 0 Å². The van der Waals surface area contributed by atoms with Gasteiger partial charge in [0.15, 0.2) is 0 Å². The SMILES string of the molecule is CC(C)[O][Ti]([O]S(=O)(=O)C(F)(F)F)([O]S(=O)(=O)C(F)(F)F)[O]S(=O)(=O)C(F)(F)F. The van der Waals surface area contributed by atoms with E-state index in [9.17, 15) is 64.8 Å². The van der Waals surface area contributed by atoms with Gasteiger partial charge in [0.05, 0.1) is 0 Å². The van der Waals surface area contributed by atoms with Gasteiger partial charge in [0.25, 0.3) is 0 Å².